The van der Waals surface area contributed by atoms with Crippen LogP contribution in [0.3, 0.4) is 0 Å². The Morgan fingerprint density at radius 2 is 1.92 bits per heavy atom. The number of hydrogen-bond acceptors (Lipinski definition) is 6. The number of allylic oxidation sites excluding steroid dienone is 1. The first-order chi connectivity index (χ1) is 12.6. The molecule has 0 unspecified atom stereocenters. The van der Waals surface area contributed by atoms with Crippen molar-refractivity contribution in [2.45, 2.75) is 0 Å². The number of halogens is 1. The summed E-state index contributed by atoms with van der Waals surface area (Å²) < 4.78 is 0. The minimum Gasteiger partial charge on any atom is -0.360 e. The van der Waals surface area contributed by atoms with E-state index < -0.39 is 4.92 Å². The number of anilines is 1. The first-order valence-corrected chi connectivity index (χ1v) is 8.65. The molecule has 0 aliphatic carbocycles. The lowest BCUT2D eigenvalue weighted by Crippen LogP contribution is -1.91. The van der Waals surface area contributed by atoms with Crippen LogP contribution in [0.25, 0.3) is 16.8 Å². The average molecular weight is 383 g/mol. The van der Waals surface area contributed by atoms with Crippen molar-refractivity contribution in [1.29, 1.82) is 5.26 Å². The van der Waals surface area contributed by atoms with Gasteiger partial charge in [0.05, 0.1) is 10.6 Å². The normalized spacial score (nSPS) is 11.0. The van der Waals surface area contributed by atoms with Gasteiger partial charge in [-0.1, -0.05) is 11.6 Å². The van der Waals surface area contributed by atoms with Crippen LogP contribution in [-0.4, -0.2) is 9.91 Å². The Kier molecular flexibility index (Phi) is 5.27. The van der Waals surface area contributed by atoms with Gasteiger partial charge in [0.2, 0.25) is 0 Å². The summed E-state index contributed by atoms with van der Waals surface area (Å²) >= 11 is 7.17. The molecule has 0 saturated carbocycles. The standard InChI is InChI=1S/C18H11ClN4O2S/c19-14-3-5-15(6-4-14)21-10-13(9-20)18-22-17(11-26-18)12-1-7-16(8-2-12)23(24)25/h1-8,10-11,21H/b13-10+. The van der Waals surface area contributed by atoms with Crippen LogP contribution in [0.1, 0.15) is 5.01 Å². The predicted octanol–water partition coefficient (Wildman–Crippen LogP) is 5.35. The topological polar surface area (TPSA) is 91.8 Å². The van der Waals surface area contributed by atoms with Crippen LogP contribution in [0.2, 0.25) is 5.02 Å². The smallest absolute Gasteiger partial charge is 0.269 e. The molecule has 6 nitrogen and oxygen atoms in total. The van der Waals surface area contributed by atoms with E-state index in [-0.39, 0.29) is 5.69 Å². The Morgan fingerprint density at radius 3 is 2.54 bits per heavy atom. The lowest BCUT2D eigenvalue weighted by Gasteiger charge is -2.01. The third-order valence-corrected chi connectivity index (χ3v) is 4.58. The van der Waals surface area contributed by atoms with Crippen LogP contribution < -0.4 is 5.32 Å². The van der Waals surface area contributed by atoms with Gasteiger partial charge in [0.25, 0.3) is 5.69 Å². The average Bonchev–Trinajstić information content (AvgIpc) is 3.14. The summed E-state index contributed by atoms with van der Waals surface area (Å²) in [6.07, 6.45) is 1.59. The number of nitro groups is 1. The van der Waals surface area contributed by atoms with Crippen molar-refractivity contribution >= 4 is 39.9 Å². The van der Waals surface area contributed by atoms with Gasteiger partial charge in [-0.15, -0.1) is 11.3 Å². The van der Waals surface area contributed by atoms with E-state index in [1.807, 2.05) is 5.38 Å². The maximum Gasteiger partial charge on any atom is 0.269 e. The molecule has 8 heteroatoms. The van der Waals surface area contributed by atoms with Crippen molar-refractivity contribution in [3.8, 4) is 17.3 Å². The third-order valence-electron chi connectivity index (χ3n) is 3.46. The van der Waals surface area contributed by atoms with E-state index in [4.69, 9.17) is 11.6 Å². The van der Waals surface area contributed by atoms with E-state index in [0.717, 1.165) is 11.3 Å². The lowest BCUT2D eigenvalue weighted by molar-refractivity contribution is -0.384. The molecule has 3 rings (SSSR count). The number of rotatable bonds is 5. The van der Waals surface area contributed by atoms with E-state index in [0.29, 0.717) is 21.3 Å². The summed E-state index contributed by atoms with van der Waals surface area (Å²) in [5, 5.41) is 26.2. The van der Waals surface area contributed by atoms with E-state index >= 15 is 0 Å². The van der Waals surface area contributed by atoms with Crippen molar-refractivity contribution in [2.75, 3.05) is 5.32 Å². The summed E-state index contributed by atoms with van der Waals surface area (Å²) in [6.45, 7) is 0. The van der Waals surface area contributed by atoms with Crippen molar-refractivity contribution in [1.82, 2.24) is 4.98 Å². The monoisotopic (exact) mass is 382 g/mol. The van der Waals surface area contributed by atoms with Crippen molar-refractivity contribution < 1.29 is 4.92 Å². The van der Waals surface area contributed by atoms with Crippen LogP contribution in [-0.2, 0) is 0 Å². The minimum absolute atomic E-state index is 0.0222. The number of nitrogens with zero attached hydrogens (tertiary/aromatic N) is 3. The molecule has 1 N–H and O–H groups in total. The number of non-ortho nitro benzene ring substituents is 1. The second-order valence-corrected chi connectivity index (χ2v) is 6.46. The van der Waals surface area contributed by atoms with Crippen LogP contribution in [0.5, 0.6) is 0 Å². The van der Waals surface area contributed by atoms with Crippen LogP contribution >= 0.6 is 22.9 Å². The molecule has 128 valence electrons. The molecule has 0 saturated heterocycles. The molecular formula is C18H11ClN4O2S. The van der Waals surface area contributed by atoms with Crippen molar-refractivity contribution in [2.24, 2.45) is 0 Å². The van der Waals surface area contributed by atoms with Gasteiger partial charge in [-0.3, -0.25) is 10.1 Å². The molecule has 0 radical (unpaired) electrons. The molecule has 1 heterocycles. The molecule has 26 heavy (non-hydrogen) atoms. The van der Waals surface area contributed by atoms with E-state index in [9.17, 15) is 15.4 Å². The highest BCUT2D eigenvalue weighted by molar-refractivity contribution is 7.11. The molecule has 0 aliphatic heterocycles. The van der Waals surface area contributed by atoms with Gasteiger partial charge in [0, 0.05) is 40.0 Å². The highest BCUT2D eigenvalue weighted by atomic mass is 35.5. The van der Waals surface area contributed by atoms with Gasteiger partial charge in [0.15, 0.2) is 0 Å². The minimum atomic E-state index is -0.449. The lowest BCUT2D eigenvalue weighted by atomic mass is 10.1. The van der Waals surface area contributed by atoms with E-state index in [1.54, 1.807) is 42.6 Å². The number of nitriles is 1. The first-order valence-electron chi connectivity index (χ1n) is 7.40. The summed E-state index contributed by atoms with van der Waals surface area (Å²) in [6, 6.07) is 15.4. The predicted molar refractivity (Wildman–Crippen MR) is 103 cm³/mol. The summed E-state index contributed by atoms with van der Waals surface area (Å²) in [5.74, 6) is 0. The highest BCUT2D eigenvalue weighted by Gasteiger charge is 2.11. The third kappa shape index (κ3) is 4.06. The van der Waals surface area contributed by atoms with E-state index in [1.165, 1.54) is 23.5 Å². The maximum absolute atomic E-state index is 10.7. The Hall–Kier alpha value is -3.21. The largest absolute Gasteiger partial charge is 0.360 e. The fraction of sp³-hybridized carbons (Fsp3) is 0. The number of hydrogen-bond donors (Lipinski definition) is 1. The number of thiazole rings is 1. The Balaban J connectivity index is 1.80. The second kappa shape index (κ2) is 7.78. The SMILES string of the molecule is N#C/C(=C\Nc1ccc(Cl)cc1)c1nc(-c2ccc([N+](=O)[O-])cc2)cs1. The summed E-state index contributed by atoms with van der Waals surface area (Å²) in [4.78, 5) is 14.7. The molecular weight excluding hydrogens is 372 g/mol. The van der Waals surface area contributed by atoms with Crippen LogP contribution in [0.4, 0.5) is 11.4 Å². The van der Waals surface area contributed by atoms with Crippen LogP contribution in [0, 0.1) is 21.4 Å². The van der Waals surface area contributed by atoms with Gasteiger partial charge in [-0.2, -0.15) is 5.26 Å². The fourth-order valence-corrected chi connectivity index (χ4v) is 3.05. The Morgan fingerprint density at radius 1 is 1.23 bits per heavy atom. The molecule has 0 amide bonds. The van der Waals surface area contributed by atoms with Crippen LogP contribution in [0.15, 0.2) is 60.1 Å². The summed E-state index contributed by atoms with van der Waals surface area (Å²) in [5.41, 5.74) is 2.62. The van der Waals surface area contributed by atoms with Gasteiger partial charge in [-0.25, -0.2) is 4.98 Å². The molecule has 0 bridgehead atoms. The van der Waals surface area contributed by atoms with Gasteiger partial charge in [0.1, 0.15) is 16.6 Å². The second-order valence-electron chi connectivity index (χ2n) is 5.16. The Bertz CT molecular complexity index is 1000. The van der Waals surface area contributed by atoms with E-state index in [2.05, 4.69) is 16.4 Å². The molecule has 0 atom stereocenters. The molecule has 0 spiro atoms. The number of nitrogens with one attached hydrogen (secondary N) is 1. The number of aromatic nitrogens is 1. The fourth-order valence-electron chi connectivity index (χ4n) is 2.13. The molecule has 3 aromatic rings. The quantitative estimate of drug-likeness (QED) is 0.365. The highest BCUT2D eigenvalue weighted by Crippen LogP contribution is 2.27. The zero-order valence-corrected chi connectivity index (χ0v) is 14.8. The number of benzene rings is 2. The summed E-state index contributed by atoms with van der Waals surface area (Å²) in [7, 11) is 0. The van der Waals surface area contributed by atoms with Crippen molar-refractivity contribution in [3.05, 3.63) is 80.3 Å². The molecule has 0 fully saturated rings. The van der Waals surface area contributed by atoms with Gasteiger partial charge < -0.3 is 5.32 Å². The molecule has 1 aromatic heterocycles. The molecule has 2 aromatic carbocycles. The molecule has 0 aliphatic rings. The van der Waals surface area contributed by atoms with Crippen molar-refractivity contribution in [3.63, 3.8) is 0 Å². The maximum atomic E-state index is 10.7. The van der Waals surface area contributed by atoms with Gasteiger partial charge >= 0.3 is 0 Å². The zero-order valence-electron chi connectivity index (χ0n) is 13.2. The Labute approximate surface area is 158 Å². The van der Waals surface area contributed by atoms with Gasteiger partial charge in [-0.05, 0) is 36.4 Å². The zero-order chi connectivity index (χ0) is 18.5. The number of nitro benzene ring substituents is 1. The first kappa shape index (κ1) is 17.6.